The quantitative estimate of drug-likeness (QED) is 0.593. The number of benzene rings is 3. The number of para-hydroxylation sites is 1. The van der Waals surface area contributed by atoms with Gasteiger partial charge >= 0.3 is 0 Å². The number of ether oxygens (including phenoxy) is 1. The minimum atomic E-state index is -0.527. The Kier molecular flexibility index (Phi) is 6.04. The average molecular weight is 410 g/mol. The molecule has 0 bridgehead atoms. The highest BCUT2D eigenvalue weighted by Gasteiger charge is 2.30. The molecule has 1 aliphatic heterocycles. The van der Waals surface area contributed by atoms with Crippen molar-refractivity contribution in [2.75, 3.05) is 11.9 Å². The number of hydrogen-bond donors (Lipinski definition) is 3. The summed E-state index contributed by atoms with van der Waals surface area (Å²) in [6.45, 7) is -0.0132. The SMILES string of the molecule is O=C(Nc1ccccc1)c1cc2ccccc2cc1OC1CC(O)CC(CO)S1. The fourth-order valence-corrected chi connectivity index (χ4v) is 4.84. The Morgan fingerprint density at radius 3 is 2.45 bits per heavy atom. The zero-order chi connectivity index (χ0) is 20.2. The van der Waals surface area contributed by atoms with Crippen molar-refractivity contribution in [1.82, 2.24) is 0 Å². The molecule has 3 atom stereocenters. The van der Waals surface area contributed by atoms with Gasteiger partial charge in [0.15, 0.2) is 0 Å². The maximum Gasteiger partial charge on any atom is 0.259 e. The van der Waals surface area contributed by atoms with Crippen molar-refractivity contribution in [3.63, 3.8) is 0 Å². The van der Waals surface area contributed by atoms with Crippen LogP contribution < -0.4 is 10.1 Å². The van der Waals surface area contributed by atoms with E-state index in [0.29, 0.717) is 29.8 Å². The van der Waals surface area contributed by atoms with Gasteiger partial charge in [0.25, 0.3) is 5.91 Å². The topological polar surface area (TPSA) is 78.8 Å². The molecule has 1 fully saturated rings. The summed E-state index contributed by atoms with van der Waals surface area (Å²) in [5.41, 5.74) is 0.813. The molecule has 5 nitrogen and oxygen atoms in total. The van der Waals surface area contributed by atoms with E-state index in [1.165, 1.54) is 11.8 Å². The third kappa shape index (κ3) is 4.72. The molecule has 6 heteroatoms. The Bertz CT molecular complexity index is 995. The third-order valence-corrected chi connectivity index (χ3v) is 6.25. The molecule has 4 rings (SSSR count). The van der Waals surface area contributed by atoms with Crippen LogP contribution in [0.2, 0.25) is 0 Å². The summed E-state index contributed by atoms with van der Waals surface area (Å²) >= 11 is 1.50. The molecule has 3 aromatic carbocycles. The molecule has 150 valence electrons. The maximum absolute atomic E-state index is 13.0. The van der Waals surface area contributed by atoms with Crippen molar-refractivity contribution in [1.29, 1.82) is 0 Å². The van der Waals surface area contributed by atoms with E-state index in [1.807, 2.05) is 66.7 Å². The number of amides is 1. The van der Waals surface area contributed by atoms with E-state index >= 15 is 0 Å². The van der Waals surface area contributed by atoms with Crippen molar-refractivity contribution < 1.29 is 19.7 Å². The molecule has 3 unspecified atom stereocenters. The molecule has 0 radical (unpaired) electrons. The number of rotatable bonds is 5. The van der Waals surface area contributed by atoms with Crippen LogP contribution in [0.3, 0.4) is 0 Å². The van der Waals surface area contributed by atoms with Crippen molar-refractivity contribution in [2.24, 2.45) is 0 Å². The van der Waals surface area contributed by atoms with Gasteiger partial charge in [-0.25, -0.2) is 0 Å². The maximum atomic E-state index is 13.0. The molecule has 1 saturated heterocycles. The highest BCUT2D eigenvalue weighted by atomic mass is 32.2. The van der Waals surface area contributed by atoms with Crippen LogP contribution in [-0.4, -0.2) is 39.5 Å². The number of nitrogens with one attached hydrogen (secondary N) is 1. The van der Waals surface area contributed by atoms with Gasteiger partial charge in [0.1, 0.15) is 11.2 Å². The van der Waals surface area contributed by atoms with E-state index < -0.39 is 6.10 Å². The number of anilines is 1. The average Bonchev–Trinajstić information content (AvgIpc) is 2.73. The van der Waals surface area contributed by atoms with Gasteiger partial charge in [-0.1, -0.05) is 42.5 Å². The van der Waals surface area contributed by atoms with E-state index in [1.54, 1.807) is 0 Å². The van der Waals surface area contributed by atoms with E-state index in [9.17, 15) is 15.0 Å². The summed E-state index contributed by atoms with van der Waals surface area (Å²) < 4.78 is 6.19. The minimum Gasteiger partial charge on any atom is -0.479 e. The molecule has 3 aromatic rings. The zero-order valence-corrected chi connectivity index (χ0v) is 16.6. The Morgan fingerprint density at radius 1 is 1.03 bits per heavy atom. The minimum absolute atomic E-state index is 0.0132. The first-order valence-electron chi connectivity index (χ1n) is 9.62. The first-order chi connectivity index (χ1) is 14.1. The summed E-state index contributed by atoms with van der Waals surface area (Å²) in [4.78, 5) is 13.0. The standard InChI is InChI=1S/C23H23NO4S/c25-14-19-12-18(26)13-22(29-19)28-21-11-16-7-5-4-6-15(16)10-20(21)23(27)24-17-8-2-1-3-9-17/h1-11,18-19,22,25-26H,12-14H2,(H,24,27). The van der Waals surface area contributed by atoms with Crippen molar-refractivity contribution in [3.8, 4) is 5.75 Å². The normalized spacial score (nSPS) is 21.7. The van der Waals surface area contributed by atoms with Crippen LogP contribution in [0.4, 0.5) is 5.69 Å². The number of hydrogen-bond acceptors (Lipinski definition) is 5. The van der Waals surface area contributed by atoms with Gasteiger partial charge in [-0.2, -0.15) is 0 Å². The second-order valence-corrected chi connectivity index (χ2v) is 8.59. The van der Waals surface area contributed by atoms with Gasteiger partial charge in [0.05, 0.1) is 18.3 Å². The Hall–Kier alpha value is -2.54. The lowest BCUT2D eigenvalue weighted by Gasteiger charge is -2.31. The first kappa shape index (κ1) is 19.8. The number of fused-ring (bicyclic) bond motifs is 1. The largest absolute Gasteiger partial charge is 0.479 e. The van der Waals surface area contributed by atoms with E-state index in [0.717, 1.165) is 10.8 Å². The van der Waals surface area contributed by atoms with E-state index in [4.69, 9.17) is 4.74 Å². The Labute approximate surface area is 173 Å². The zero-order valence-electron chi connectivity index (χ0n) is 15.8. The number of aliphatic hydroxyl groups is 2. The molecule has 0 spiro atoms. The highest BCUT2D eigenvalue weighted by Crippen LogP contribution is 2.36. The smallest absolute Gasteiger partial charge is 0.259 e. The summed E-state index contributed by atoms with van der Waals surface area (Å²) in [5.74, 6) is 0.220. The number of carbonyl (C=O) groups excluding carboxylic acids is 1. The van der Waals surface area contributed by atoms with E-state index in [-0.39, 0.29) is 23.2 Å². The second kappa shape index (κ2) is 8.86. The van der Waals surface area contributed by atoms with Gasteiger partial charge < -0.3 is 20.3 Å². The number of aliphatic hydroxyl groups excluding tert-OH is 2. The summed E-state index contributed by atoms with van der Waals surface area (Å²) in [6, 6.07) is 20.8. The number of carbonyl (C=O) groups is 1. The fourth-order valence-electron chi connectivity index (χ4n) is 3.50. The molecule has 0 aliphatic carbocycles. The van der Waals surface area contributed by atoms with Crippen LogP contribution in [0, 0.1) is 0 Å². The molecule has 29 heavy (non-hydrogen) atoms. The predicted molar refractivity (Wildman–Crippen MR) is 116 cm³/mol. The molecule has 0 saturated carbocycles. The van der Waals surface area contributed by atoms with Crippen LogP contribution in [-0.2, 0) is 0 Å². The van der Waals surface area contributed by atoms with Crippen molar-refractivity contribution >= 4 is 34.1 Å². The molecule has 0 aromatic heterocycles. The van der Waals surface area contributed by atoms with Crippen LogP contribution in [0.15, 0.2) is 66.7 Å². The summed E-state index contributed by atoms with van der Waals surface area (Å²) in [7, 11) is 0. The fraction of sp³-hybridized carbons (Fsp3) is 0.261. The molecule has 1 amide bonds. The molecule has 1 aliphatic rings. The second-order valence-electron chi connectivity index (χ2n) is 7.13. The van der Waals surface area contributed by atoms with Crippen LogP contribution >= 0.6 is 11.8 Å². The lowest BCUT2D eigenvalue weighted by molar-refractivity contribution is 0.0991. The lowest BCUT2D eigenvalue weighted by Crippen LogP contribution is -2.33. The van der Waals surface area contributed by atoms with Gasteiger partial charge in [-0.15, -0.1) is 11.8 Å². The highest BCUT2D eigenvalue weighted by molar-refractivity contribution is 8.00. The monoisotopic (exact) mass is 409 g/mol. The number of thioether (sulfide) groups is 1. The predicted octanol–water partition coefficient (Wildman–Crippen LogP) is 4.05. The first-order valence-corrected chi connectivity index (χ1v) is 10.6. The van der Waals surface area contributed by atoms with Crippen molar-refractivity contribution in [2.45, 2.75) is 29.6 Å². The molecule has 1 heterocycles. The molecule has 3 N–H and O–H groups in total. The Morgan fingerprint density at radius 2 is 1.72 bits per heavy atom. The lowest BCUT2D eigenvalue weighted by atomic mass is 10.0. The van der Waals surface area contributed by atoms with Gasteiger partial charge in [-0.3, -0.25) is 4.79 Å². The summed E-state index contributed by atoms with van der Waals surface area (Å²) in [6.07, 6.45) is 0.467. The van der Waals surface area contributed by atoms with Gasteiger partial charge in [0, 0.05) is 17.4 Å². The van der Waals surface area contributed by atoms with Crippen molar-refractivity contribution in [3.05, 3.63) is 72.3 Å². The third-order valence-electron chi connectivity index (χ3n) is 4.93. The Balaban J connectivity index is 1.66. The van der Waals surface area contributed by atoms with Crippen LogP contribution in [0.5, 0.6) is 5.75 Å². The van der Waals surface area contributed by atoms with E-state index in [2.05, 4.69) is 5.32 Å². The van der Waals surface area contributed by atoms with Gasteiger partial charge in [-0.05, 0) is 41.5 Å². The van der Waals surface area contributed by atoms with Crippen LogP contribution in [0.25, 0.3) is 10.8 Å². The van der Waals surface area contributed by atoms with Gasteiger partial charge in [0.2, 0.25) is 0 Å². The summed E-state index contributed by atoms with van der Waals surface area (Å²) in [5, 5.41) is 24.4. The van der Waals surface area contributed by atoms with Crippen LogP contribution in [0.1, 0.15) is 23.2 Å². The molecular formula is C23H23NO4S. The molecular weight excluding hydrogens is 386 g/mol.